The van der Waals surface area contributed by atoms with Gasteiger partial charge in [-0.15, -0.1) is 16.4 Å². The van der Waals surface area contributed by atoms with Crippen LogP contribution in [-0.4, -0.2) is 64.1 Å². The number of aliphatic hydroxyl groups is 1. The highest BCUT2D eigenvalue weighted by Gasteiger charge is 2.37. The molecular formula is C17H25N5O2S2+2. The smallest absolute Gasteiger partial charge is 0.235 e. The quantitative estimate of drug-likeness (QED) is 0.449. The Morgan fingerprint density at radius 3 is 2.62 bits per heavy atom. The van der Waals surface area contributed by atoms with Gasteiger partial charge in [0.05, 0.1) is 11.5 Å². The first-order chi connectivity index (χ1) is 12.6. The van der Waals surface area contributed by atoms with Crippen LogP contribution in [0, 0.1) is 13.8 Å². The van der Waals surface area contributed by atoms with E-state index in [1.54, 1.807) is 27.2 Å². The van der Waals surface area contributed by atoms with Crippen molar-refractivity contribution in [3.05, 3.63) is 32.6 Å². The van der Waals surface area contributed by atoms with Crippen molar-refractivity contribution < 1.29 is 20.0 Å². The van der Waals surface area contributed by atoms with Crippen LogP contribution >= 0.6 is 22.7 Å². The Kier molecular flexibility index (Phi) is 4.98. The van der Waals surface area contributed by atoms with Crippen LogP contribution in [0.2, 0.25) is 0 Å². The fraction of sp³-hybridized carbons (Fsp3) is 0.529. The molecule has 1 aliphatic rings. The first kappa shape index (κ1) is 17.9. The Bertz CT molecular complexity index is 894. The number of aromatic nitrogens is 3. The van der Waals surface area contributed by atoms with Gasteiger partial charge in [-0.25, -0.2) is 4.98 Å². The number of aryl methyl sites for hydroxylation is 2. The average Bonchev–Trinajstić information content (AvgIpc) is 3.28. The first-order valence-corrected chi connectivity index (χ1v) is 10.7. The van der Waals surface area contributed by atoms with Crippen LogP contribution in [0.25, 0.3) is 4.96 Å². The lowest BCUT2D eigenvalue weighted by Gasteiger charge is -2.34. The molecule has 26 heavy (non-hydrogen) atoms. The molecule has 0 saturated carbocycles. The summed E-state index contributed by atoms with van der Waals surface area (Å²) in [5, 5.41) is 26.5. The number of thiophene rings is 1. The van der Waals surface area contributed by atoms with Crippen molar-refractivity contribution in [1.29, 1.82) is 0 Å². The lowest BCUT2D eigenvalue weighted by molar-refractivity contribution is -1.02. The van der Waals surface area contributed by atoms with Gasteiger partial charge in [0.1, 0.15) is 43.4 Å². The van der Waals surface area contributed by atoms with Gasteiger partial charge >= 0.3 is 0 Å². The molecule has 0 spiro atoms. The molecule has 7 nitrogen and oxygen atoms in total. The van der Waals surface area contributed by atoms with E-state index in [-0.39, 0.29) is 18.5 Å². The molecular weight excluding hydrogens is 370 g/mol. The molecule has 0 aliphatic carbocycles. The minimum absolute atomic E-state index is 0.111. The van der Waals surface area contributed by atoms with Crippen LogP contribution in [0.5, 0.6) is 5.88 Å². The molecule has 0 amide bonds. The predicted molar refractivity (Wildman–Crippen MR) is 102 cm³/mol. The molecule has 0 radical (unpaired) electrons. The molecule has 4 N–H and O–H groups in total. The maximum Gasteiger partial charge on any atom is 0.235 e. The Balaban J connectivity index is 1.71. The van der Waals surface area contributed by atoms with Crippen molar-refractivity contribution in [3.63, 3.8) is 0 Å². The van der Waals surface area contributed by atoms with Crippen LogP contribution in [-0.2, 0) is 0 Å². The summed E-state index contributed by atoms with van der Waals surface area (Å²) in [6.45, 7) is 9.16. The second-order valence-electron chi connectivity index (χ2n) is 6.93. The number of piperazine rings is 1. The monoisotopic (exact) mass is 395 g/mol. The number of fused-ring (bicyclic) bond motifs is 1. The molecule has 0 unspecified atom stereocenters. The number of hydrogen-bond acceptors (Lipinski definition) is 6. The molecule has 0 bridgehead atoms. The van der Waals surface area contributed by atoms with Gasteiger partial charge in [0.25, 0.3) is 0 Å². The van der Waals surface area contributed by atoms with Crippen molar-refractivity contribution in [2.75, 3.05) is 39.3 Å². The third-order valence-corrected chi connectivity index (χ3v) is 7.37. The fourth-order valence-electron chi connectivity index (χ4n) is 3.83. The van der Waals surface area contributed by atoms with Crippen molar-refractivity contribution in [1.82, 2.24) is 14.6 Å². The van der Waals surface area contributed by atoms with Gasteiger partial charge in [-0.05, 0) is 30.9 Å². The van der Waals surface area contributed by atoms with E-state index in [1.807, 2.05) is 6.92 Å². The Morgan fingerprint density at radius 1 is 1.23 bits per heavy atom. The van der Waals surface area contributed by atoms with Gasteiger partial charge in [-0.1, -0.05) is 11.3 Å². The maximum atomic E-state index is 10.9. The normalized spacial score (nSPS) is 22.1. The Hall–Kier alpha value is -1.52. The fourth-order valence-corrected chi connectivity index (χ4v) is 6.16. The SMILES string of the molecule is Cc1nc2sc([C@H](c3sccc3C)[NH+]3CC[NH+](CCO)CC3)c(O)n2n1. The highest BCUT2D eigenvalue weighted by Crippen LogP contribution is 2.37. The molecule has 9 heteroatoms. The number of rotatable bonds is 5. The predicted octanol–water partition coefficient (Wildman–Crippen LogP) is -0.960. The van der Waals surface area contributed by atoms with Crippen LogP contribution in [0.4, 0.5) is 0 Å². The van der Waals surface area contributed by atoms with E-state index >= 15 is 0 Å². The van der Waals surface area contributed by atoms with Crippen molar-refractivity contribution in [2.24, 2.45) is 0 Å². The van der Waals surface area contributed by atoms with E-state index in [2.05, 4.69) is 28.5 Å². The second-order valence-corrected chi connectivity index (χ2v) is 8.88. The average molecular weight is 396 g/mol. The van der Waals surface area contributed by atoms with Gasteiger partial charge < -0.3 is 20.0 Å². The van der Waals surface area contributed by atoms with Gasteiger partial charge in [-0.3, -0.25) is 0 Å². The summed E-state index contributed by atoms with van der Waals surface area (Å²) in [4.78, 5) is 10.4. The Labute approximate surface area is 160 Å². The molecule has 1 fully saturated rings. The maximum absolute atomic E-state index is 10.9. The second kappa shape index (κ2) is 7.24. The summed E-state index contributed by atoms with van der Waals surface area (Å²) in [5.74, 6) is 0.900. The molecule has 1 aliphatic heterocycles. The third kappa shape index (κ3) is 3.14. The summed E-state index contributed by atoms with van der Waals surface area (Å²) < 4.78 is 1.57. The van der Waals surface area contributed by atoms with E-state index in [0.717, 1.165) is 42.6 Å². The van der Waals surface area contributed by atoms with Crippen LogP contribution in [0.15, 0.2) is 11.4 Å². The third-order valence-electron chi connectivity index (χ3n) is 5.20. The molecule has 3 aromatic rings. The number of quaternary nitrogens is 2. The Morgan fingerprint density at radius 2 is 2.00 bits per heavy atom. The zero-order chi connectivity index (χ0) is 18.3. The lowest BCUT2D eigenvalue weighted by atomic mass is 10.1. The topological polar surface area (TPSA) is 79.5 Å². The zero-order valence-corrected chi connectivity index (χ0v) is 16.7. The molecule has 1 atom stereocenters. The van der Waals surface area contributed by atoms with Crippen LogP contribution < -0.4 is 9.80 Å². The molecule has 3 aromatic heterocycles. The number of aliphatic hydroxyl groups excluding tert-OH is 1. The van der Waals surface area contributed by atoms with Crippen LogP contribution in [0.3, 0.4) is 0 Å². The first-order valence-electron chi connectivity index (χ1n) is 8.96. The number of hydrogen-bond donors (Lipinski definition) is 4. The minimum atomic E-state index is 0.111. The number of nitrogens with one attached hydrogen (secondary N) is 2. The molecule has 4 rings (SSSR count). The zero-order valence-electron chi connectivity index (χ0n) is 15.0. The molecule has 140 valence electrons. The van der Waals surface area contributed by atoms with Gasteiger partial charge in [-0.2, -0.15) is 4.52 Å². The largest absolute Gasteiger partial charge is 0.492 e. The minimum Gasteiger partial charge on any atom is -0.492 e. The summed E-state index contributed by atoms with van der Waals surface area (Å²) in [5.41, 5.74) is 1.27. The summed E-state index contributed by atoms with van der Waals surface area (Å²) in [6.07, 6.45) is 0. The van der Waals surface area contributed by atoms with E-state index in [1.165, 1.54) is 20.2 Å². The highest BCUT2D eigenvalue weighted by molar-refractivity contribution is 7.17. The standard InChI is InChI=1S/C17H23N5O2S2/c1-11-3-10-25-14(11)13(21-6-4-20(5-7-21)8-9-23)15-16(24)22-17(26-15)18-12(2)19-22/h3,10,13,23-24H,4-9H2,1-2H3/p+2/t13-/m0/s1. The van der Waals surface area contributed by atoms with Crippen molar-refractivity contribution in [3.8, 4) is 5.88 Å². The summed E-state index contributed by atoms with van der Waals surface area (Å²) in [7, 11) is 0. The van der Waals surface area contributed by atoms with E-state index in [0.29, 0.717) is 5.82 Å². The number of thiazole rings is 1. The van der Waals surface area contributed by atoms with E-state index < -0.39 is 0 Å². The van der Waals surface area contributed by atoms with Crippen molar-refractivity contribution >= 4 is 27.6 Å². The van der Waals surface area contributed by atoms with E-state index in [4.69, 9.17) is 0 Å². The van der Waals surface area contributed by atoms with Crippen molar-refractivity contribution in [2.45, 2.75) is 19.9 Å². The molecule has 4 heterocycles. The lowest BCUT2D eigenvalue weighted by Crippen LogP contribution is -3.28. The summed E-state index contributed by atoms with van der Waals surface area (Å²) >= 11 is 3.30. The highest BCUT2D eigenvalue weighted by atomic mass is 32.1. The molecule has 1 saturated heterocycles. The van der Waals surface area contributed by atoms with Gasteiger partial charge in [0.15, 0.2) is 6.04 Å². The van der Waals surface area contributed by atoms with Gasteiger partial charge in [0, 0.05) is 0 Å². The van der Waals surface area contributed by atoms with Gasteiger partial charge in [0.2, 0.25) is 10.8 Å². The number of aromatic hydroxyl groups is 1. The summed E-state index contributed by atoms with van der Waals surface area (Å²) in [6, 6.07) is 2.26. The number of nitrogens with zero attached hydrogens (tertiary/aromatic N) is 3. The van der Waals surface area contributed by atoms with Crippen LogP contribution in [0.1, 0.15) is 27.2 Å². The van der Waals surface area contributed by atoms with E-state index in [9.17, 15) is 10.2 Å². The molecule has 0 aromatic carbocycles.